The lowest BCUT2D eigenvalue weighted by Gasteiger charge is -2.11. The quantitative estimate of drug-likeness (QED) is 0.847. The molecule has 0 aliphatic carbocycles. The summed E-state index contributed by atoms with van der Waals surface area (Å²) in [6, 6.07) is 0.979. The summed E-state index contributed by atoms with van der Waals surface area (Å²) >= 11 is 0. The zero-order chi connectivity index (χ0) is 14.8. The van der Waals surface area contributed by atoms with Crippen molar-refractivity contribution in [3.63, 3.8) is 0 Å². The molecule has 0 radical (unpaired) electrons. The van der Waals surface area contributed by atoms with E-state index < -0.39 is 56.2 Å². The molecule has 2 N–H and O–H groups in total. The molecule has 1 rings (SSSR count). The number of aromatic carboxylic acids is 1. The Morgan fingerprint density at radius 2 is 1.95 bits per heavy atom. The van der Waals surface area contributed by atoms with Crippen LogP contribution in [0.1, 0.15) is 17.3 Å². The second-order valence-electron chi connectivity index (χ2n) is 4.14. The third-order valence-corrected chi connectivity index (χ3v) is 4.37. The lowest BCUT2D eigenvalue weighted by Crippen LogP contribution is -2.19. The van der Waals surface area contributed by atoms with E-state index in [-0.39, 0.29) is 0 Å². The highest BCUT2D eigenvalue weighted by Crippen LogP contribution is 2.22. The van der Waals surface area contributed by atoms with Crippen molar-refractivity contribution < 1.29 is 32.2 Å². The molecule has 0 aliphatic rings. The molecule has 1 aromatic carbocycles. The molecule has 0 saturated carbocycles. The number of hydrogen-bond donors (Lipinski definition) is 2. The Kier molecular flexibility index (Phi) is 4.59. The van der Waals surface area contributed by atoms with Gasteiger partial charge >= 0.3 is 5.97 Å². The number of halogens is 2. The number of carboxylic acids is 1. The van der Waals surface area contributed by atoms with Gasteiger partial charge in [-0.15, -0.1) is 0 Å². The largest absolute Gasteiger partial charge is 0.478 e. The van der Waals surface area contributed by atoms with Crippen LogP contribution in [0.15, 0.2) is 17.0 Å². The van der Waals surface area contributed by atoms with Crippen LogP contribution in [0.25, 0.3) is 0 Å². The van der Waals surface area contributed by atoms with Crippen molar-refractivity contribution in [2.75, 3.05) is 12.4 Å². The van der Waals surface area contributed by atoms with Crippen LogP contribution in [-0.4, -0.2) is 37.0 Å². The van der Waals surface area contributed by atoms with Crippen LogP contribution in [0.3, 0.4) is 0 Å². The number of aliphatic hydroxyl groups excluding tert-OH is 1. The van der Waals surface area contributed by atoms with E-state index in [9.17, 15) is 22.0 Å². The lowest BCUT2D eigenvalue weighted by molar-refractivity contribution is 0.0696. The molecule has 0 spiro atoms. The highest BCUT2D eigenvalue weighted by molar-refractivity contribution is 7.91. The molecule has 0 saturated heterocycles. The molecule has 1 aromatic rings. The van der Waals surface area contributed by atoms with Crippen molar-refractivity contribution in [3.8, 4) is 0 Å². The smallest absolute Gasteiger partial charge is 0.335 e. The second-order valence-corrected chi connectivity index (χ2v) is 6.15. The topological polar surface area (TPSA) is 91.7 Å². The van der Waals surface area contributed by atoms with Crippen molar-refractivity contribution in [1.29, 1.82) is 0 Å². The van der Waals surface area contributed by atoms with Gasteiger partial charge in [-0.1, -0.05) is 6.92 Å². The SMILES string of the molecule is CC(CO)CS(=O)(=O)c1cc(C(=O)O)cc(F)c1F. The minimum Gasteiger partial charge on any atom is -0.478 e. The average molecular weight is 294 g/mol. The molecule has 106 valence electrons. The number of carbonyl (C=O) groups is 1. The molecule has 0 bridgehead atoms. The normalized spacial score (nSPS) is 13.3. The number of carboxylic acid groups (broad SMARTS) is 1. The zero-order valence-corrected chi connectivity index (χ0v) is 10.7. The second kappa shape index (κ2) is 5.62. The third kappa shape index (κ3) is 3.48. The molecule has 0 aliphatic heterocycles. The van der Waals surface area contributed by atoms with Gasteiger partial charge in [0.05, 0.1) is 11.3 Å². The molecule has 0 heterocycles. The van der Waals surface area contributed by atoms with Crippen LogP contribution in [0, 0.1) is 17.6 Å². The molecule has 0 amide bonds. The van der Waals surface area contributed by atoms with E-state index in [4.69, 9.17) is 10.2 Å². The van der Waals surface area contributed by atoms with E-state index in [1.54, 1.807) is 0 Å². The summed E-state index contributed by atoms with van der Waals surface area (Å²) in [6.07, 6.45) is 0. The Bertz CT molecular complexity index is 597. The number of rotatable bonds is 5. The van der Waals surface area contributed by atoms with Gasteiger partial charge < -0.3 is 10.2 Å². The van der Waals surface area contributed by atoms with Crippen molar-refractivity contribution in [2.24, 2.45) is 5.92 Å². The van der Waals surface area contributed by atoms with Crippen molar-refractivity contribution in [1.82, 2.24) is 0 Å². The summed E-state index contributed by atoms with van der Waals surface area (Å²) in [5.74, 6) is -6.01. The van der Waals surface area contributed by atoms with Gasteiger partial charge in [0.2, 0.25) is 0 Å². The van der Waals surface area contributed by atoms with E-state index in [1.165, 1.54) is 6.92 Å². The minimum absolute atomic E-state index is 0.409. The van der Waals surface area contributed by atoms with Crippen LogP contribution < -0.4 is 0 Å². The first kappa shape index (κ1) is 15.5. The Balaban J connectivity index is 3.37. The van der Waals surface area contributed by atoms with Crippen LogP contribution >= 0.6 is 0 Å². The molecular weight excluding hydrogens is 282 g/mol. The summed E-state index contributed by atoms with van der Waals surface area (Å²) < 4.78 is 50.4. The van der Waals surface area contributed by atoms with Gasteiger partial charge in [-0.3, -0.25) is 0 Å². The highest BCUT2D eigenvalue weighted by Gasteiger charge is 2.26. The van der Waals surface area contributed by atoms with E-state index in [1.807, 2.05) is 0 Å². The highest BCUT2D eigenvalue weighted by atomic mass is 32.2. The first-order valence-corrected chi connectivity index (χ1v) is 6.90. The Morgan fingerprint density at radius 3 is 2.42 bits per heavy atom. The van der Waals surface area contributed by atoms with E-state index in [2.05, 4.69) is 0 Å². The fraction of sp³-hybridized carbons (Fsp3) is 0.364. The number of aliphatic hydroxyl groups is 1. The zero-order valence-electron chi connectivity index (χ0n) is 9.93. The third-order valence-electron chi connectivity index (χ3n) is 2.39. The van der Waals surface area contributed by atoms with Gasteiger partial charge in [0, 0.05) is 6.61 Å². The first-order chi connectivity index (χ1) is 8.69. The van der Waals surface area contributed by atoms with Gasteiger partial charge in [0.1, 0.15) is 4.90 Å². The maximum atomic E-state index is 13.5. The molecule has 5 nitrogen and oxygen atoms in total. The number of sulfone groups is 1. The maximum Gasteiger partial charge on any atom is 0.335 e. The van der Waals surface area contributed by atoms with Gasteiger partial charge in [-0.2, -0.15) is 0 Å². The maximum absolute atomic E-state index is 13.5. The Morgan fingerprint density at radius 1 is 1.37 bits per heavy atom. The summed E-state index contributed by atoms with van der Waals surface area (Å²) in [7, 11) is -4.22. The minimum atomic E-state index is -4.22. The van der Waals surface area contributed by atoms with Crippen LogP contribution in [-0.2, 0) is 9.84 Å². The molecule has 8 heteroatoms. The first-order valence-electron chi connectivity index (χ1n) is 5.25. The van der Waals surface area contributed by atoms with Crippen molar-refractivity contribution >= 4 is 15.8 Å². The number of benzene rings is 1. The van der Waals surface area contributed by atoms with E-state index in [0.717, 1.165) is 0 Å². The predicted molar refractivity (Wildman–Crippen MR) is 61.6 cm³/mol. The van der Waals surface area contributed by atoms with Crippen molar-refractivity contribution in [3.05, 3.63) is 29.3 Å². The lowest BCUT2D eigenvalue weighted by atomic mass is 10.2. The van der Waals surface area contributed by atoms with Crippen LogP contribution in [0.5, 0.6) is 0 Å². The van der Waals surface area contributed by atoms with Gasteiger partial charge in [-0.25, -0.2) is 22.0 Å². The standard InChI is InChI=1S/C11H12F2O5S/c1-6(4-14)5-19(17,18)9-3-7(11(15)16)2-8(12)10(9)13/h2-3,6,14H,4-5H2,1H3,(H,15,16). The Labute approximate surface area is 108 Å². The van der Waals surface area contributed by atoms with Gasteiger partial charge in [0.25, 0.3) is 0 Å². The molecular formula is C11H12F2O5S. The summed E-state index contributed by atoms with van der Waals surface area (Å²) in [5, 5.41) is 17.5. The van der Waals surface area contributed by atoms with Crippen LogP contribution in [0.4, 0.5) is 8.78 Å². The molecule has 0 aromatic heterocycles. The van der Waals surface area contributed by atoms with E-state index in [0.29, 0.717) is 12.1 Å². The monoisotopic (exact) mass is 294 g/mol. The molecule has 1 unspecified atom stereocenters. The van der Waals surface area contributed by atoms with Crippen LogP contribution in [0.2, 0.25) is 0 Å². The summed E-state index contributed by atoms with van der Waals surface area (Å²) in [4.78, 5) is 9.69. The molecule has 19 heavy (non-hydrogen) atoms. The fourth-order valence-corrected chi connectivity index (χ4v) is 3.14. The van der Waals surface area contributed by atoms with E-state index >= 15 is 0 Å². The number of hydrogen-bond acceptors (Lipinski definition) is 4. The Hall–Kier alpha value is -1.54. The summed E-state index contributed by atoms with van der Waals surface area (Å²) in [5.41, 5.74) is -0.658. The van der Waals surface area contributed by atoms with Gasteiger partial charge in [0.15, 0.2) is 21.5 Å². The van der Waals surface area contributed by atoms with Gasteiger partial charge in [-0.05, 0) is 18.1 Å². The van der Waals surface area contributed by atoms with Crippen molar-refractivity contribution in [2.45, 2.75) is 11.8 Å². The average Bonchev–Trinajstić information content (AvgIpc) is 2.31. The molecule has 0 fully saturated rings. The summed E-state index contributed by atoms with van der Waals surface area (Å²) in [6.45, 7) is 0.967. The predicted octanol–water partition coefficient (Wildman–Crippen LogP) is 1.07. The molecule has 1 atom stereocenters. The fourth-order valence-electron chi connectivity index (χ4n) is 1.43.